The number of benzene rings is 2. The van der Waals surface area contributed by atoms with E-state index in [4.69, 9.17) is 15.2 Å². The number of carbonyl (C=O) groups excluding carboxylic acids is 1. The molecule has 142 valence electrons. The van der Waals surface area contributed by atoms with E-state index in [0.717, 1.165) is 0 Å². The molecule has 0 unspecified atom stereocenters. The van der Waals surface area contributed by atoms with Crippen LogP contribution in [-0.2, 0) is 10.0 Å². The average Bonchev–Trinajstić information content (AvgIpc) is 2.65. The van der Waals surface area contributed by atoms with Crippen LogP contribution >= 0.6 is 0 Å². The Morgan fingerprint density at radius 3 is 2.41 bits per heavy atom. The minimum atomic E-state index is -3.75. The van der Waals surface area contributed by atoms with Gasteiger partial charge in [-0.3, -0.25) is 4.79 Å². The molecule has 0 aliphatic carbocycles. The van der Waals surface area contributed by atoms with Crippen molar-refractivity contribution in [2.75, 3.05) is 19.8 Å². The predicted octanol–water partition coefficient (Wildman–Crippen LogP) is 1.54. The number of amides is 1. The van der Waals surface area contributed by atoms with Crippen LogP contribution in [0.5, 0.6) is 11.5 Å². The molecule has 1 amide bonds. The molecule has 2 rings (SSSR count). The topological polar surface area (TPSA) is 108 Å². The summed E-state index contributed by atoms with van der Waals surface area (Å²) in [6, 6.07) is 12.9. The quantitative estimate of drug-likeness (QED) is 0.667. The van der Waals surface area contributed by atoms with Gasteiger partial charge in [-0.05, 0) is 31.2 Å². The molecule has 2 aromatic carbocycles. The fourth-order valence-corrected chi connectivity index (χ4v) is 3.25. The molecular weight excluding hydrogens is 368 g/mol. The molecular formula is C19H20N2O5S. The molecule has 0 heterocycles. The van der Waals surface area contributed by atoms with Crippen LogP contribution < -0.4 is 19.9 Å². The van der Waals surface area contributed by atoms with Gasteiger partial charge in [0, 0.05) is 0 Å². The van der Waals surface area contributed by atoms with Crippen LogP contribution in [0.2, 0.25) is 0 Å². The van der Waals surface area contributed by atoms with Gasteiger partial charge in [0.1, 0.15) is 23.0 Å². The van der Waals surface area contributed by atoms with Crippen LogP contribution in [0.4, 0.5) is 0 Å². The van der Waals surface area contributed by atoms with E-state index < -0.39 is 15.9 Å². The molecule has 8 heteroatoms. The summed E-state index contributed by atoms with van der Waals surface area (Å²) >= 11 is 0. The SMILES string of the molecule is CCOc1ccccc1S(=O)(=O)NCC#CCOc1ccccc1C(N)=O. The molecule has 0 saturated heterocycles. The lowest BCUT2D eigenvalue weighted by atomic mass is 10.2. The molecule has 3 N–H and O–H groups in total. The summed E-state index contributed by atoms with van der Waals surface area (Å²) in [5.74, 6) is 5.35. The molecule has 0 saturated carbocycles. The molecule has 0 atom stereocenters. The lowest BCUT2D eigenvalue weighted by Crippen LogP contribution is -2.24. The first-order valence-corrected chi connectivity index (χ1v) is 9.63. The van der Waals surface area contributed by atoms with Gasteiger partial charge >= 0.3 is 0 Å². The van der Waals surface area contributed by atoms with Crippen LogP contribution in [0.3, 0.4) is 0 Å². The molecule has 27 heavy (non-hydrogen) atoms. The zero-order chi connectivity index (χ0) is 19.7. The van der Waals surface area contributed by atoms with E-state index in [2.05, 4.69) is 16.6 Å². The maximum absolute atomic E-state index is 12.4. The molecule has 0 aliphatic rings. The predicted molar refractivity (Wildman–Crippen MR) is 101 cm³/mol. The molecule has 0 radical (unpaired) electrons. The van der Waals surface area contributed by atoms with E-state index in [9.17, 15) is 13.2 Å². The van der Waals surface area contributed by atoms with Crippen molar-refractivity contribution < 1.29 is 22.7 Å². The van der Waals surface area contributed by atoms with Crippen molar-refractivity contribution in [1.82, 2.24) is 4.72 Å². The molecule has 0 fully saturated rings. The van der Waals surface area contributed by atoms with E-state index in [1.54, 1.807) is 49.4 Å². The first-order valence-electron chi connectivity index (χ1n) is 8.14. The molecule has 0 aliphatic heterocycles. The number of nitrogens with two attached hydrogens (primary N) is 1. The van der Waals surface area contributed by atoms with Gasteiger partial charge in [-0.2, -0.15) is 4.72 Å². The molecule has 0 bridgehead atoms. The zero-order valence-electron chi connectivity index (χ0n) is 14.8. The minimum absolute atomic E-state index is 0.0123. The summed E-state index contributed by atoms with van der Waals surface area (Å²) in [6.45, 7) is 2.03. The summed E-state index contributed by atoms with van der Waals surface area (Å²) in [6.07, 6.45) is 0. The van der Waals surface area contributed by atoms with Gasteiger partial charge in [0.15, 0.2) is 0 Å². The monoisotopic (exact) mass is 388 g/mol. The third-order valence-electron chi connectivity index (χ3n) is 3.37. The second kappa shape index (κ2) is 9.62. The van der Waals surface area contributed by atoms with Crippen molar-refractivity contribution in [3.8, 4) is 23.3 Å². The minimum Gasteiger partial charge on any atom is -0.492 e. The molecule has 0 aromatic heterocycles. The van der Waals surface area contributed by atoms with Crippen molar-refractivity contribution in [3.05, 3.63) is 54.1 Å². The third-order valence-corrected chi connectivity index (χ3v) is 4.81. The van der Waals surface area contributed by atoms with Gasteiger partial charge in [0.25, 0.3) is 5.91 Å². The number of ether oxygens (including phenoxy) is 2. The average molecular weight is 388 g/mol. The standard InChI is InChI=1S/C19H20N2O5S/c1-2-25-17-11-5-6-12-18(17)27(23,24)21-13-7-8-14-26-16-10-4-3-9-15(16)19(20)22/h3-6,9-12,21H,2,13-14H2,1H3,(H2,20,22). The Morgan fingerprint density at radius 2 is 1.70 bits per heavy atom. The Morgan fingerprint density at radius 1 is 1.04 bits per heavy atom. The van der Waals surface area contributed by atoms with Crippen LogP contribution in [-0.4, -0.2) is 34.1 Å². The van der Waals surface area contributed by atoms with Gasteiger partial charge < -0.3 is 15.2 Å². The molecule has 2 aromatic rings. The van der Waals surface area contributed by atoms with Gasteiger partial charge in [0.05, 0.1) is 18.7 Å². The van der Waals surface area contributed by atoms with Gasteiger partial charge in [0.2, 0.25) is 10.0 Å². The number of rotatable bonds is 8. The van der Waals surface area contributed by atoms with Gasteiger partial charge in [-0.1, -0.05) is 36.1 Å². The van der Waals surface area contributed by atoms with Crippen molar-refractivity contribution in [2.24, 2.45) is 5.73 Å². The number of nitrogens with one attached hydrogen (secondary N) is 1. The summed E-state index contributed by atoms with van der Waals surface area (Å²) < 4.78 is 37.8. The highest BCUT2D eigenvalue weighted by Gasteiger charge is 2.18. The number of para-hydroxylation sites is 2. The summed E-state index contributed by atoms with van der Waals surface area (Å²) in [7, 11) is -3.75. The number of hydrogen-bond donors (Lipinski definition) is 2. The Labute approximate surface area is 158 Å². The van der Waals surface area contributed by atoms with Crippen LogP contribution in [0.25, 0.3) is 0 Å². The zero-order valence-corrected chi connectivity index (χ0v) is 15.6. The third kappa shape index (κ3) is 5.74. The van der Waals surface area contributed by atoms with Crippen LogP contribution in [0, 0.1) is 11.8 Å². The highest BCUT2D eigenvalue weighted by molar-refractivity contribution is 7.89. The van der Waals surface area contributed by atoms with Gasteiger partial charge in [-0.25, -0.2) is 8.42 Å². The number of primary amides is 1. The first kappa shape index (κ1) is 20.3. The largest absolute Gasteiger partial charge is 0.492 e. The van der Waals surface area contributed by atoms with E-state index in [0.29, 0.717) is 12.4 Å². The molecule has 0 spiro atoms. The van der Waals surface area contributed by atoms with E-state index in [1.807, 2.05) is 0 Å². The summed E-state index contributed by atoms with van der Waals surface area (Å²) in [5, 5.41) is 0. The Kier molecular flexibility index (Phi) is 7.23. The smallest absolute Gasteiger partial charge is 0.252 e. The van der Waals surface area contributed by atoms with E-state index in [1.165, 1.54) is 6.07 Å². The first-order chi connectivity index (χ1) is 13.0. The fraction of sp³-hybridized carbons (Fsp3) is 0.211. The lowest BCUT2D eigenvalue weighted by molar-refractivity contribution is 0.0997. The maximum atomic E-state index is 12.4. The lowest BCUT2D eigenvalue weighted by Gasteiger charge is -2.10. The van der Waals surface area contributed by atoms with Crippen molar-refractivity contribution >= 4 is 15.9 Å². The number of sulfonamides is 1. The Hall–Kier alpha value is -3.02. The number of hydrogen-bond acceptors (Lipinski definition) is 5. The highest BCUT2D eigenvalue weighted by atomic mass is 32.2. The highest BCUT2D eigenvalue weighted by Crippen LogP contribution is 2.22. The second-order valence-corrected chi connectivity index (χ2v) is 6.94. The maximum Gasteiger partial charge on any atom is 0.252 e. The number of carbonyl (C=O) groups is 1. The van der Waals surface area contributed by atoms with Crippen molar-refractivity contribution in [3.63, 3.8) is 0 Å². The Bertz CT molecular complexity index is 961. The van der Waals surface area contributed by atoms with Crippen molar-refractivity contribution in [2.45, 2.75) is 11.8 Å². The second-order valence-electron chi connectivity index (χ2n) is 5.21. The molecule has 7 nitrogen and oxygen atoms in total. The normalized spacial score (nSPS) is 10.6. The van der Waals surface area contributed by atoms with Crippen molar-refractivity contribution in [1.29, 1.82) is 0 Å². The van der Waals surface area contributed by atoms with E-state index in [-0.39, 0.29) is 29.4 Å². The summed E-state index contributed by atoms with van der Waals surface area (Å²) in [4.78, 5) is 11.4. The van der Waals surface area contributed by atoms with Gasteiger partial charge in [-0.15, -0.1) is 0 Å². The fourth-order valence-electron chi connectivity index (χ4n) is 2.18. The summed E-state index contributed by atoms with van der Waals surface area (Å²) in [5.41, 5.74) is 5.52. The van der Waals surface area contributed by atoms with Crippen LogP contribution in [0.15, 0.2) is 53.4 Å². The van der Waals surface area contributed by atoms with E-state index >= 15 is 0 Å². The van der Waals surface area contributed by atoms with Crippen LogP contribution in [0.1, 0.15) is 17.3 Å². The Balaban J connectivity index is 1.93.